The lowest BCUT2D eigenvalue weighted by Crippen LogP contribution is -2.22. The number of halogens is 2. The Morgan fingerprint density at radius 3 is 2.68 bits per heavy atom. The van der Waals surface area contributed by atoms with Crippen LogP contribution in [0.4, 0.5) is 0 Å². The Balaban J connectivity index is 2.04. The third-order valence-electron chi connectivity index (χ3n) is 3.83. The van der Waals surface area contributed by atoms with Crippen LogP contribution in [0.5, 0.6) is 0 Å². The molecule has 2 aromatic heterocycles. The molecule has 0 unspecified atom stereocenters. The smallest absolute Gasteiger partial charge is 0.261 e. The van der Waals surface area contributed by atoms with E-state index in [1.807, 2.05) is 29.9 Å². The minimum Gasteiger partial charge on any atom is -0.310 e. The Bertz CT molecular complexity index is 968. The van der Waals surface area contributed by atoms with Crippen LogP contribution >= 0.6 is 35.0 Å². The van der Waals surface area contributed by atoms with Crippen LogP contribution in [0.15, 0.2) is 46.5 Å². The molecule has 0 amide bonds. The van der Waals surface area contributed by atoms with Gasteiger partial charge in [-0.15, -0.1) is 10.2 Å². The summed E-state index contributed by atoms with van der Waals surface area (Å²) in [5.41, 5.74) is 1.21. The zero-order chi connectivity index (χ0) is 18.0. The maximum Gasteiger partial charge on any atom is 0.261 e. The predicted molar refractivity (Wildman–Crippen MR) is 103 cm³/mol. The SMILES string of the molecule is CCn1c(SC)nnc1-c1cccn(Cc2ccc(Cl)cc2Cl)c1=O. The first-order valence-corrected chi connectivity index (χ1v) is 9.64. The summed E-state index contributed by atoms with van der Waals surface area (Å²) < 4.78 is 3.54. The topological polar surface area (TPSA) is 52.7 Å². The van der Waals surface area contributed by atoms with Crippen LogP contribution in [-0.4, -0.2) is 25.6 Å². The van der Waals surface area contributed by atoms with Gasteiger partial charge in [-0.05, 0) is 43.0 Å². The summed E-state index contributed by atoms with van der Waals surface area (Å²) in [5.74, 6) is 0.577. The fraction of sp³-hybridized carbons (Fsp3) is 0.235. The van der Waals surface area contributed by atoms with Gasteiger partial charge in [0.15, 0.2) is 11.0 Å². The summed E-state index contributed by atoms with van der Waals surface area (Å²) in [4.78, 5) is 12.9. The molecule has 130 valence electrons. The summed E-state index contributed by atoms with van der Waals surface area (Å²) in [6.07, 6.45) is 3.67. The third kappa shape index (κ3) is 3.61. The normalized spacial score (nSPS) is 11.0. The molecule has 0 N–H and O–H groups in total. The van der Waals surface area contributed by atoms with Crippen molar-refractivity contribution >= 4 is 35.0 Å². The van der Waals surface area contributed by atoms with Gasteiger partial charge in [-0.3, -0.25) is 4.79 Å². The van der Waals surface area contributed by atoms with Gasteiger partial charge in [-0.1, -0.05) is 41.0 Å². The number of hydrogen-bond donors (Lipinski definition) is 0. The number of thioether (sulfide) groups is 1. The van der Waals surface area contributed by atoms with Gasteiger partial charge in [0.25, 0.3) is 5.56 Å². The fourth-order valence-corrected chi connectivity index (χ4v) is 3.62. The lowest BCUT2D eigenvalue weighted by Gasteiger charge is -2.10. The second-order valence-electron chi connectivity index (χ2n) is 5.35. The number of nitrogens with zero attached hydrogens (tertiary/aromatic N) is 4. The standard InChI is InChI=1S/C17H16Cl2N4OS/c1-3-23-15(20-21-17(23)25-2)13-5-4-8-22(16(13)24)10-11-6-7-12(18)9-14(11)19/h4-9H,3,10H2,1-2H3. The minimum absolute atomic E-state index is 0.136. The molecule has 8 heteroatoms. The van der Waals surface area contributed by atoms with E-state index in [0.717, 1.165) is 10.7 Å². The molecule has 0 spiro atoms. The van der Waals surface area contributed by atoms with E-state index in [1.165, 1.54) is 11.8 Å². The van der Waals surface area contributed by atoms with Crippen LogP contribution in [0, 0.1) is 0 Å². The van der Waals surface area contributed by atoms with E-state index in [9.17, 15) is 4.79 Å². The maximum absolute atomic E-state index is 12.9. The molecule has 5 nitrogen and oxygen atoms in total. The summed E-state index contributed by atoms with van der Waals surface area (Å²) in [7, 11) is 0. The second kappa shape index (κ2) is 7.64. The lowest BCUT2D eigenvalue weighted by molar-refractivity contribution is 0.685. The van der Waals surface area contributed by atoms with Crippen molar-refractivity contribution in [3.05, 3.63) is 62.5 Å². The molecule has 0 radical (unpaired) electrons. The third-order valence-corrected chi connectivity index (χ3v) is 5.09. The molecule has 25 heavy (non-hydrogen) atoms. The van der Waals surface area contributed by atoms with Crippen molar-refractivity contribution in [2.24, 2.45) is 0 Å². The van der Waals surface area contributed by atoms with E-state index < -0.39 is 0 Å². The summed E-state index contributed by atoms with van der Waals surface area (Å²) in [6, 6.07) is 8.85. The summed E-state index contributed by atoms with van der Waals surface area (Å²) >= 11 is 13.7. The van der Waals surface area contributed by atoms with Gasteiger partial charge in [0, 0.05) is 22.8 Å². The van der Waals surface area contributed by atoms with Crippen molar-refractivity contribution in [1.82, 2.24) is 19.3 Å². The molecule has 2 heterocycles. The highest BCUT2D eigenvalue weighted by molar-refractivity contribution is 7.98. The maximum atomic E-state index is 12.9. The quantitative estimate of drug-likeness (QED) is 0.608. The largest absolute Gasteiger partial charge is 0.310 e. The fourth-order valence-electron chi connectivity index (χ4n) is 2.59. The summed E-state index contributed by atoms with van der Waals surface area (Å²) in [6.45, 7) is 3.05. The first kappa shape index (κ1) is 18.0. The van der Waals surface area contributed by atoms with E-state index >= 15 is 0 Å². The van der Waals surface area contributed by atoms with Crippen molar-refractivity contribution < 1.29 is 0 Å². The molecule has 0 aliphatic heterocycles. The highest BCUT2D eigenvalue weighted by Gasteiger charge is 2.16. The molecule has 0 atom stereocenters. The van der Waals surface area contributed by atoms with E-state index in [1.54, 1.807) is 29.0 Å². The Hall–Kier alpha value is -1.76. The Morgan fingerprint density at radius 2 is 2.00 bits per heavy atom. The molecular weight excluding hydrogens is 379 g/mol. The number of aromatic nitrogens is 4. The molecule has 0 bridgehead atoms. The molecule has 0 saturated heterocycles. The monoisotopic (exact) mass is 394 g/mol. The Kier molecular flexibility index (Phi) is 5.51. The van der Waals surface area contributed by atoms with E-state index in [2.05, 4.69) is 10.2 Å². The highest BCUT2D eigenvalue weighted by atomic mass is 35.5. The van der Waals surface area contributed by atoms with Gasteiger partial charge < -0.3 is 9.13 Å². The van der Waals surface area contributed by atoms with Crippen molar-refractivity contribution in [1.29, 1.82) is 0 Å². The number of rotatable bonds is 5. The minimum atomic E-state index is -0.136. The Morgan fingerprint density at radius 1 is 1.20 bits per heavy atom. The van der Waals surface area contributed by atoms with Crippen molar-refractivity contribution in [3.8, 4) is 11.4 Å². The average molecular weight is 395 g/mol. The first-order valence-electron chi connectivity index (χ1n) is 7.66. The number of pyridine rings is 1. The van der Waals surface area contributed by atoms with Crippen LogP contribution in [0.1, 0.15) is 12.5 Å². The lowest BCUT2D eigenvalue weighted by atomic mass is 10.2. The zero-order valence-corrected chi connectivity index (χ0v) is 16.1. The molecule has 3 aromatic rings. The average Bonchev–Trinajstić information content (AvgIpc) is 3.01. The van der Waals surface area contributed by atoms with Crippen molar-refractivity contribution in [2.45, 2.75) is 25.2 Å². The van der Waals surface area contributed by atoms with E-state index in [-0.39, 0.29) is 5.56 Å². The number of hydrogen-bond acceptors (Lipinski definition) is 4. The second-order valence-corrected chi connectivity index (χ2v) is 6.96. The van der Waals surface area contributed by atoms with Crippen LogP contribution < -0.4 is 5.56 Å². The van der Waals surface area contributed by atoms with Gasteiger partial charge in [0.1, 0.15) is 0 Å². The Labute approximate surface area is 159 Å². The van der Waals surface area contributed by atoms with Crippen LogP contribution in [0.3, 0.4) is 0 Å². The molecule has 0 saturated carbocycles. The first-order chi connectivity index (χ1) is 12.0. The van der Waals surface area contributed by atoms with E-state index in [0.29, 0.717) is 34.5 Å². The molecule has 1 aromatic carbocycles. The van der Waals surface area contributed by atoms with Crippen LogP contribution in [0.25, 0.3) is 11.4 Å². The van der Waals surface area contributed by atoms with Crippen LogP contribution in [-0.2, 0) is 13.1 Å². The van der Waals surface area contributed by atoms with Gasteiger partial charge in [0.05, 0.1) is 12.1 Å². The molecule has 3 rings (SSSR count). The summed E-state index contributed by atoms with van der Waals surface area (Å²) in [5, 5.41) is 10.2. The zero-order valence-electron chi connectivity index (χ0n) is 13.7. The molecule has 0 fully saturated rings. The van der Waals surface area contributed by atoms with Gasteiger partial charge >= 0.3 is 0 Å². The van der Waals surface area contributed by atoms with E-state index in [4.69, 9.17) is 23.2 Å². The molecule has 0 aliphatic carbocycles. The molecular formula is C17H16Cl2N4OS. The predicted octanol–water partition coefficient (Wildman–Crippen LogP) is 4.20. The molecule has 0 aliphatic rings. The number of benzene rings is 1. The van der Waals surface area contributed by atoms with Crippen molar-refractivity contribution in [3.63, 3.8) is 0 Å². The van der Waals surface area contributed by atoms with Gasteiger partial charge in [0.2, 0.25) is 0 Å². The van der Waals surface area contributed by atoms with Gasteiger partial charge in [-0.2, -0.15) is 0 Å². The highest BCUT2D eigenvalue weighted by Crippen LogP contribution is 2.23. The van der Waals surface area contributed by atoms with Gasteiger partial charge in [-0.25, -0.2) is 0 Å². The van der Waals surface area contributed by atoms with Crippen LogP contribution in [0.2, 0.25) is 10.0 Å². The van der Waals surface area contributed by atoms with Crippen molar-refractivity contribution in [2.75, 3.05) is 6.26 Å².